The van der Waals surface area contributed by atoms with Gasteiger partial charge in [-0.15, -0.1) is 0 Å². The van der Waals surface area contributed by atoms with E-state index in [-0.39, 0.29) is 6.42 Å². The van der Waals surface area contributed by atoms with E-state index in [1.165, 1.54) is 0 Å². The van der Waals surface area contributed by atoms with Crippen molar-refractivity contribution in [2.24, 2.45) is 0 Å². The molecule has 1 unspecified atom stereocenters. The number of hydrogen-bond donors (Lipinski definition) is 0. The molecule has 0 fully saturated rings. The summed E-state index contributed by atoms with van der Waals surface area (Å²) in [6.07, 6.45) is 0.943. The van der Waals surface area contributed by atoms with Gasteiger partial charge in [0.2, 0.25) is 0 Å². The van der Waals surface area contributed by atoms with Crippen molar-refractivity contribution in [1.82, 2.24) is 0 Å². The molecule has 0 aliphatic carbocycles. The summed E-state index contributed by atoms with van der Waals surface area (Å²) < 4.78 is 35.4. The Labute approximate surface area is 132 Å². The molecule has 1 atom stereocenters. The highest BCUT2D eigenvalue weighted by Gasteiger charge is 2.43. The summed E-state index contributed by atoms with van der Waals surface area (Å²) in [5.41, 5.74) is 0. The normalized spacial score (nSPS) is 14.7. The second-order valence-electron chi connectivity index (χ2n) is 5.19. The van der Waals surface area contributed by atoms with Crippen LogP contribution in [0.5, 0.6) is 0 Å². The molecule has 0 rings (SSSR count). The van der Waals surface area contributed by atoms with Crippen molar-refractivity contribution in [2.45, 2.75) is 83.5 Å². The Morgan fingerprint density at radius 2 is 1.63 bits per heavy atom. The van der Waals surface area contributed by atoms with Crippen molar-refractivity contribution in [3.63, 3.8) is 0 Å². The van der Waals surface area contributed by atoms with Gasteiger partial charge in [-0.2, -0.15) is 0 Å². The first-order valence-corrected chi connectivity index (χ1v) is 11.6. The van der Waals surface area contributed by atoms with Crippen LogP contribution in [-0.2, 0) is 4.43 Å². The standard InChI is InChI=1S/C14H29F2IOSi/c1-5-9-11-14(15,16)13(10-12-17)18-19(6-2,7-3)8-4/h13H,5-12H2,1-4H3. The van der Waals surface area contributed by atoms with Crippen LogP contribution >= 0.6 is 22.6 Å². The summed E-state index contributed by atoms with van der Waals surface area (Å²) >= 11 is 2.17. The quantitative estimate of drug-likeness (QED) is 0.231. The molecule has 0 aliphatic heterocycles. The largest absolute Gasteiger partial charge is 0.408 e. The maximum atomic E-state index is 14.3. The average molecular weight is 406 g/mol. The third kappa shape index (κ3) is 6.38. The Kier molecular flexibility index (Phi) is 10.0. The van der Waals surface area contributed by atoms with Crippen molar-refractivity contribution in [3.8, 4) is 0 Å². The van der Waals surface area contributed by atoms with Gasteiger partial charge in [0.25, 0.3) is 5.92 Å². The fourth-order valence-electron chi connectivity index (χ4n) is 2.33. The highest BCUT2D eigenvalue weighted by atomic mass is 127. The molecule has 1 nitrogen and oxygen atoms in total. The zero-order chi connectivity index (χ0) is 14.9. The zero-order valence-corrected chi connectivity index (χ0v) is 15.9. The van der Waals surface area contributed by atoms with Crippen LogP contribution in [0.2, 0.25) is 18.1 Å². The highest BCUT2D eigenvalue weighted by Crippen LogP contribution is 2.35. The molecule has 0 aromatic heterocycles. The lowest BCUT2D eigenvalue weighted by molar-refractivity contribution is -0.107. The predicted molar refractivity (Wildman–Crippen MR) is 90.0 cm³/mol. The van der Waals surface area contributed by atoms with Gasteiger partial charge in [0.05, 0.1) is 0 Å². The Balaban J connectivity index is 4.88. The maximum absolute atomic E-state index is 14.3. The molecule has 0 aliphatic rings. The Bertz CT molecular complexity index is 227. The molecular formula is C14H29F2IOSi. The van der Waals surface area contributed by atoms with Crippen molar-refractivity contribution >= 4 is 30.9 Å². The minimum absolute atomic E-state index is 0.0353. The van der Waals surface area contributed by atoms with E-state index in [9.17, 15) is 8.78 Å². The third-order valence-corrected chi connectivity index (χ3v) is 9.30. The molecule has 0 heterocycles. The topological polar surface area (TPSA) is 9.23 Å². The summed E-state index contributed by atoms with van der Waals surface area (Å²) in [5.74, 6) is -2.67. The zero-order valence-electron chi connectivity index (χ0n) is 12.8. The van der Waals surface area contributed by atoms with Gasteiger partial charge in [-0.25, -0.2) is 8.78 Å². The molecule has 116 valence electrons. The molecule has 0 saturated carbocycles. The summed E-state index contributed by atoms with van der Waals surface area (Å²) in [5, 5.41) is 0. The minimum atomic E-state index is -2.67. The van der Waals surface area contributed by atoms with Crippen LogP contribution in [-0.4, -0.2) is 24.8 Å². The number of alkyl halides is 3. The SMILES string of the molecule is CCCCC(F)(F)C(CCI)O[Si](CC)(CC)CC. The van der Waals surface area contributed by atoms with Gasteiger partial charge in [0.1, 0.15) is 6.10 Å². The Morgan fingerprint density at radius 1 is 1.11 bits per heavy atom. The van der Waals surface area contributed by atoms with Crippen molar-refractivity contribution < 1.29 is 13.2 Å². The van der Waals surface area contributed by atoms with Crippen LogP contribution in [0, 0.1) is 0 Å². The molecule has 5 heteroatoms. The molecule has 0 spiro atoms. The third-order valence-electron chi connectivity index (χ3n) is 4.03. The van der Waals surface area contributed by atoms with E-state index < -0.39 is 20.3 Å². The maximum Gasteiger partial charge on any atom is 0.272 e. The Hall–Kier alpha value is 0.767. The van der Waals surface area contributed by atoms with Gasteiger partial charge < -0.3 is 4.43 Å². The van der Waals surface area contributed by atoms with E-state index in [0.29, 0.717) is 12.8 Å². The van der Waals surface area contributed by atoms with Gasteiger partial charge in [0.15, 0.2) is 8.32 Å². The van der Waals surface area contributed by atoms with E-state index >= 15 is 0 Å². The monoisotopic (exact) mass is 406 g/mol. The number of unbranched alkanes of at least 4 members (excludes halogenated alkanes) is 1. The average Bonchev–Trinajstić information content (AvgIpc) is 2.41. The first-order chi connectivity index (χ1) is 8.91. The lowest BCUT2D eigenvalue weighted by Crippen LogP contribution is -2.47. The second-order valence-corrected chi connectivity index (χ2v) is 11.0. The van der Waals surface area contributed by atoms with Crippen LogP contribution in [0.25, 0.3) is 0 Å². The van der Waals surface area contributed by atoms with E-state index in [4.69, 9.17) is 4.43 Å². The molecule has 19 heavy (non-hydrogen) atoms. The van der Waals surface area contributed by atoms with Gasteiger partial charge in [0, 0.05) is 10.8 Å². The van der Waals surface area contributed by atoms with Crippen molar-refractivity contribution in [3.05, 3.63) is 0 Å². The first kappa shape index (κ1) is 19.8. The lowest BCUT2D eigenvalue weighted by Gasteiger charge is -2.36. The molecule has 0 saturated heterocycles. The van der Waals surface area contributed by atoms with Crippen LogP contribution in [0.4, 0.5) is 8.78 Å². The smallest absolute Gasteiger partial charge is 0.272 e. The van der Waals surface area contributed by atoms with Gasteiger partial charge in [-0.1, -0.05) is 56.7 Å². The molecule has 0 radical (unpaired) electrons. The van der Waals surface area contributed by atoms with E-state index in [2.05, 4.69) is 43.4 Å². The summed E-state index contributed by atoms with van der Waals surface area (Å²) in [7, 11) is -1.95. The summed E-state index contributed by atoms with van der Waals surface area (Å²) in [6.45, 7) is 8.22. The lowest BCUT2D eigenvalue weighted by atomic mass is 10.0. The summed E-state index contributed by atoms with van der Waals surface area (Å²) in [6, 6.07) is 2.80. The highest BCUT2D eigenvalue weighted by molar-refractivity contribution is 14.1. The summed E-state index contributed by atoms with van der Waals surface area (Å²) in [4.78, 5) is 0. The number of hydrogen-bond acceptors (Lipinski definition) is 1. The van der Waals surface area contributed by atoms with Crippen LogP contribution < -0.4 is 0 Å². The number of halogens is 3. The van der Waals surface area contributed by atoms with Gasteiger partial charge in [-0.05, 0) is 31.0 Å². The first-order valence-electron chi connectivity index (χ1n) is 7.52. The predicted octanol–water partition coefficient (Wildman–Crippen LogP) is 6.03. The van der Waals surface area contributed by atoms with E-state index in [1.807, 2.05) is 6.92 Å². The molecule has 0 aromatic carbocycles. The van der Waals surface area contributed by atoms with Crippen LogP contribution in [0.1, 0.15) is 53.4 Å². The fourth-order valence-corrected chi connectivity index (χ4v) is 5.79. The fraction of sp³-hybridized carbons (Fsp3) is 1.00. The Morgan fingerprint density at radius 3 is 2.00 bits per heavy atom. The van der Waals surface area contributed by atoms with Crippen molar-refractivity contribution in [1.29, 1.82) is 0 Å². The molecule has 0 N–H and O–H groups in total. The van der Waals surface area contributed by atoms with Crippen LogP contribution in [0.3, 0.4) is 0 Å². The van der Waals surface area contributed by atoms with Gasteiger partial charge >= 0.3 is 0 Å². The van der Waals surface area contributed by atoms with Crippen LogP contribution in [0.15, 0.2) is 0 Å². The molecular weight excluding hydrogens is 377 g/mol. The molecule has 0 amide bonds. The number of rotatable bonds is 11. The molecule has 0 aromatic rings. The van der Waals surface area contributed by atoms with E-state index in [1.54, 1.807) is 0 Å². The van der Waals surface area contributed by atoms with E-state index in [0.717, 1.165) is 29.0 Å². The molecule has 0 bridgehead atoms. The second kappa shape index (κ2) is 9.66. The van der Waals surface area contributed by atoms with Crippen molar-refractivity contribution in [2.75, 3.05) is 4.43 Å². The van der Waals surface area contributed by atoms with Gasteiger partial charge in [-0.3, -0.25) is 0 Å². The minimum Gasteiger partial charge on any atom is -0.408 e.